The Hall–Kier alpha value is -2.43. The maximum Gasteiger partial charge on any atom is 0.414 e. The molecule has 2 heterocycles. The van der Waals surface area contributed by atoms with Crippen LogP contribution in [0.3, 0.4) is 0 Å². The second-order valence-corrected chi connectivity index (χ2v) is 9.70. The molecule has 29 heavy (non-hydrogen) atoms. The minimum absolute atomic E-state index is 0.0428. The van der Waals surface area contributed by atoms with E-state index in [0.29, 0.717) is 32.5 Å². The van der Waals surface area contributed by atoms with E-state index in [1.54, 1.807) is 27.7 Å². The third kappa shape index (κ3) is 6.55. The highest BCUT2D eigenvalue weighted by atomic mass is 32.2. The number of carbonyl (C=O) groups excluding carboxylic acids is 1. The molecule has 1 unspecified atom stereocenters. The number of carbonyl (C=O) groups is 1. The van der Waals surface area contributed by atoms with Crippen LogP contribution in [-0.4, -0.2) is 50.8 Å². The minimum Gasteiger partial charge on any atom is -0.444 e. The third-order valence-electron chi connectivity index (χ3n) is 3.83. The Morgan fingerprint density at radius 1 is 1.41 bits per heavy atom. The quantitative estimate of drug-likeness (QED) is 0.566. The molecule has 0 aliphatic carbocycles. The molecule has 0 fully saturated rings. The van der Waals surface area contributed by atoms with E-state index in [4.69, 9.17) is 10.5 Å². The first-order valence-corrected chi connectivity index (χ1v) is 11.1. The number of guanidine groups is 1. The zero-order valence-electron chi connectivity index (χ0n) is 17.3. The van der Waals surface area contributed by atoms with Crippen molar-refractivity contribution in [1.29, 1.82) is 0 Å². The molecule has 0 saturated carbocycles. The number of anilines is 1. The Kier molecular flexibility index (Phi) is 7.39. The van der Waals surface area contributed by atoms with Crippen molar-refractivity contribution in [3.63, 3.8) is 0 Å². The number of nitrogens with two attached hydrogens (primary N) is 1. The SMILES string of the molecule is CCN=C(NC(=O)OC(C)(C)C)N1CCCCN=S1(=O)Cc1nc(N)ccc1F. The van der Waals surface area contributed by atoms with E-state index in [1.807, 2.05) is 0 Å². The van der Waals surface area contributed by atoms with Crippen LogP contribution in [0.4, 0.5) is 15.0 Å². The van der Waals surface area contributed by atoms with Crippen molar-refractivity contribution in [3.05, 3.63) is 23.6 Å². The number of aromatic nitrogens is 1. The van der Waals surface area contributed by atoms with Gasteiger partial charge in [0, 0.05) is 13.1 Å². The standard InChI is InChI=1S/C18H29FN6O3S/c1-5-21-16(24-17(26)28-18(2,3)4)25-11-7-6-10-22-29(25,27)12-14-13(19)8-9-15(20)23-14/h8-9H,5-7,10-12H2,1-4H3,(H2,20,23)(H,21,24,26). The number of nitrogens with one attached hydrogen (secondary N) is 1. The Balaban J connectivity index is 2.39. The lowest BCUT2D eigenvalue weighted by atomic mass is 10.2. The Morgan fingerprint density at radius 2 is 2.14 bits per heavy atom. The van der Waals surface area contributed by atoms with Crippen LogP contribution in [0, 0.1) is 5.82 Å². The zero-order chi connectivity index (χ0) is 21.7. The summed E-state index contributed by atoms with van der Waals surface area (Å²) in [7, 11) is -3.17. The topological polar surface area (TPSA) is 122 Å². The van der Waals surface area contributed by atoms with Crippen LogP contribution < -0.4 is 11.1 Å². The molecule has 0 radical (unpaired) electrons. The Morgan fingerprint density at radius 3 is 2.79 bits per heavy atom. The summed E-state index contributed by atoms with van der Waals surface area (Å²) in [5.41, 5.74) is 4.91. The number of alkyl carbamates (subject to hydrolysis) is 1. The van der Waals surface area contributed by atoms with E-state index in [2.05, 4.69) is 19.7 Å². The van der Waals surface area contributed by atoms with Crippen LogP contribution in [0.2, 0.25) is 0 Å². The fourth-order valence-corrected chi connectivity index (χ4v) is 4.80. The molecule has 3 N–H and O–H groups in total. The van der Waals surface area contributed by atoms with Crippen molar-refractivity contribution in [2.45, 2.75) is 51.9 Å². The lowest BCUT2D eigenvalue weighted by molar-refractivity contribution is 0.0559. The lowest BCUT2D eigenvalue weighted by Crippen LogP contribution is -2.49. The predicted octanol–water partition coefficient (Wildman–Crippen LogP) is 2.68. The first-order valence-electron chi connectivity index (χ1n) is 9.47. The minimum atomic E-state index is -3.17. The van der Waals surface area contributed by atoms with Crippen molar-refractivity contribution in [2.75, 3.05) is 25.4 Å². The molecule has 0 bridgehead atoms. The largest absolute Gasteiger partial charge is 0.444 e. The molecule has 1 aromatic heterocycles. The van der Waals surface area contributed by atoms with Crippen LogP contribution in [0.1, 0.15) is 46.2 Å². The monoisotopic (exact) mass is 428 g/mol. The molecule has 0 aromatic carbocycles. The summed E-state index contributed by atoms with van der Waals surface area (Å²) in [6, 6.07) is 2.52. The van der Waals surface area contributed by atoms with Crippen molar-refractivity contribution < 1.29 is 18.1 Å². The van der Waals surface area contributed by atoms with Gasteiger partial charge in [0.15, 0.2) is 0 Å². The molecule has 1 aliphatic rings. The number of nitrogens with zero attached hydrogens (tertiary/aromatic N) is 4. The van der Waals surface area contributed by atoms with Crippen LogP contribution >= 0.6 is 0 Å². The summed E-state index contributed by atoms with van der Waals surface area (Å²) in [6.07, 6.45) is 0.682. The second kappa shape index (κ2) is 9.38. The molecule has 9 nitrogen and oxygen atoms in total. The molecular weight excluding hydrogens is 399 g/mol. The highest BCUT2D eigenvalue weighted by Crippen LogP contribution is 2.20. The average molecular weight is 429 g/mol. The summed E-state index contributed by atoms with van der Waals surface area (Å²) in [5.74, 6) is -0.682. The van der Waals surface area contributed by atoms with Gasteiger partial charge in [-0.2, -0.15) is 0 Å². The molecule has 0 spiro atoms. The fourth-order valence-electron chi connectivity index (χ4n) is 2.66. The summed E-state index contributed by atoms with van der Waals surface area (Å²) in [6.45, 7) is 8.02. The highest BCUT2D eigenvalue weighted by molar-refractivity contribution is 7.91. The summed E-state index contributed by atoms with van der Waals surface area (Å²) in [5, 5.41) is 2.58. The van der Waals surface area contributed by atoms with Gasteiger partial charge in [-0.3, -0.25) is 14.6 Å². The molecule has 1 aromatic rings. The number of pyridine rings is 1. The average Bonchev–Trinajstić information content (AvgIpc) is 2.78. The van der Waals surface area contributed by atoms with Crippen molar-refractivity contribution >= 4 is 27.8 Å². The first-order chi connectivity index (χ1) is 13.5. The predicted molar refractivity (Wildman–Crippen MR) is 111 cm³/mol. The van der Waals surface area contributed by atoms with Gasteiger partial charge >= 0.3 is 6.09 Å². The summed E-state index contributed by atoms with van der Waals surface area (Å²) in [4.78, 5) is 20.6. The van der Waals surface area contributed by atoms with Gasteiger partial charge in [-0.1, -0.05) is 0 Å². The van der Waals surface area contributed by atoms with Crippen LogP contribution in [-0.2, 0) is 20.4 Å². The van der Waals surface area contributed by atoms with Crippen LogP contribution in [0.5, 0.6) is 0 Å². The molecule has 1 amide bonds. The second-order valence-electron chi connectivity index (χ2n) is 7.50. The Labute approximate surface area is 171 Å². The zero-order valence-corrected chi connectivity index (χ0v) is 18.1. The summed E-state index contributed by atoms with van der Waals surface area (Å²) >= 11 is 0. The molecule has 1 atom stereocenters. The van der Waals surface area contributed by atoms with Gasteiger partial charge < -0.3 is 10.5 Å². The van der Waals surface area contributed by atoms with E-state index >= 15 is 0 Å². The molecular formula is C18H29FN6O3S. The molecule has 0 saturated heterocycles. The molecule has 162 valence electrons. The lowest BCUT2D eigenvalue weighted by Gasteiger charge is -2.28. The van der Waals surface area contributed by atoms with Crippen LogP contribution in [0.25, 0.3) is 0 Å². The van der Waals surface area contributed by atoms with E-state index in [0.717, 1.165) is 0 Å². The van der Waals surface area contributed by atoms with E-state index in [1.165, 1.54) is 16.4 Å². The van der Waals surface area contributed by atoms with Gasteiger partial charge in [-0.05, 0) is 52.7 Å². The molecule has 1 aliphatic heterocycles. The van der Waals surface area contributed by atoms with E-state index in [-0.39, 0.29) is 23.2 Å². The number of hydrogen-bond donors (Lipinski definition) is 2. The van der Waals surface area contributed by atoms with Gasteiger partial charge in [0.2, 0.25) is 5.96 Å². The van der Waals surface area contributed by atoms with Gasteiger partial charge in [-0.15, -0.1) is 0 Å². The van der Waals surface area contributed by atoms with Crippen molar-refractivity contribution in [3.8, 4) is 0 Å². The third-order valence-corrected chi connectivity index (χ3v) is 6.11. The van der Waals surface area contributed by atoms with Gasteiger partial charge in [-0.25, -0.2) is 22.7 Å². The number of rotatable bonds is 3. The maximum atomic E-state index is 14.2. The maximum absolute atomic E-state index is 14.2. The highest BCUT2D eigenvalue weighted by Gasteiger charge is 2.29. The van der Waals surface area contributed by atoms with E-state index < -0.39 is 27.4 Å². The van der Waals surface area contributed by atoms with E-state index in [9.17, 15) is 13.4 Å². The van der Waals surface area contributed by atoms with Crippen molar-refractivity contribution in [2.24, 2.45) is 9.36 Å². The number of hydrogen-bond acceptors (Lipinski definition) is 7. The number of aliphatic imine (C=N–C) groups is 1. The summed E-state index contributed by atoms with van der Waals surface area (Å²) < 4.78 is 39.1. The van der Waals surface area contributed by atoms with Crippen LogP contribution in [0.15, 0.2) is 21.5 Å². The number of nitrogen functional groups attached to an aromatic ring is 1. The fraction of sp³-hybridized carbons (Fsp3) is 0.611. The number of halogens is 1. The van der Waals surface area contributed by atoms with Gasteiger partial charge in [0.1, 0.15) is 27.2 Å². The Bertz CT molecular complexity index is 890. The molecule has 2 rings (SSSR count). The van der Waals surface area contributed by atoms with Crippen molar-refractivity contribution in [1.82, 2.24) is 14.6 Å². The van der Waals surface area contributed by atoms with Gasteiger partial charge in [0.05, 0.1) is 18.0 Å². The number of amides is 1. The normalized spacial score (nSPS) is 20.6. The first kappa shape index (κ1) is 22.9. The smallest absolute Gasteiger partial charge is 0.414 e. The number of ether oxygens (including phenoxy) is 1. The van der Waals surface area contributed by atoms with Gasteiger partial charge in [0.25, 0.3) is 0 Å². The molecule has 11 heteroatoms.